The van der Waals surface area contributed by atoms with Crippen molar-refractivity contribution in [2.75, 3.05) is 5.32 Å². The van der Waals surface area contributed by atoms with Gasteiger partial charge in [0.1, 0.15) is 12.7 Å². The number of amides is 1. The Labute approximate surface area is 167 Å². The number of nitrogens with zero attached hydrogens (tertiary/aromatic N) is 6. The second-order valence-corrected chi connectivity index (χ2v) is 7.12. The zero-order valence-corrected chi connectivity index (χ0v) is 15.9. The number of pyridine rings is 1. The summed E-state index contributed by atoms with van der Waals surface area (Å²) in [6.45, 7) is 2.05. The average molecular weight is 385 g/mol. The van der Waals surface area contributed by atoms with Gasteiger partial charge < -0.3 is 5.32 Å². The van der Waals surface area contributed by atoms with Crippen molar-refractivity contribution < 1.29 is 4.79 Å². The Kier molecular flexibility index (Phi) is 4.16. The first kappa shape index (κ1) is 17.3. The lowest BCUT2D eigenvalue weighted by atomic mass is 10.1. The summed E-state index contributed by atoms with van der Waals surface area (Å²) in [4.78, 5) is 21.2. The minimum Gasteiger partial charge on any atom is -0.320 e. The summed E-state index contributed by atoms with van der Waals surface area (Å²) in [6, 6.07) is 11.7. The minimum absolute atomic E-state index is 0.179. The van der Waals surface area contributed by atoms with Crippen LogP contribution in [0.15, 0.2) is 61.4 Å². The lowest BCUT2D eigenvalue weighted by Crippen LogP contribution is -2.15. The van der Waals surface area contributed by atoms with E-state index in [4.69, 9.17) is 0 Å². The minimum atomic E-state index is -0.179. The van der Waals surface area contributed by atoms with E-state index in [1.54, 1.807) is 35.5 Å². The van der Waals surface area contributed by atoms with Crippen LogP contribution in [0.5, 0.6) is 0 Å². The van der Waals surface area contributed by atoms with Crippen molar-refractivity contribution in [1.82, 2.24) is 29.5 Å². The summed E-state index contributed by atoms with van der Waals surface area (Å²) >= 11 is 0. The summed E-state index contributed by atoms with van der Waals surface area (Å²) in [5, 5.41) is 11.5. The molecule has 0 spiro atoms. The molecule has 1 amide bonds. The van der Waals surface area contributed by atoms with Crippen LogP contribution < -0.4 is 5.32 Å². The number of anilines is 1. The van der Waals surface area contributed by atoms with Crippen LogP contribution in [-0.2, 0) is 0 Å². The van der Waals surface area contributed by atoms with E-state index in [2.05, 4.69) is 38.5 Å². The van der Waals surface area contributed by atoms with E-state index >= 15 is 0 Å². The van der Waals surface area contributed by atoms with Gasteiger partial charge in [0.2, 0.25) is 0 Å². The molecule has 0 saturated heterocycles. The molecule has 144 valence electrons. The number of hydrogen-bond donors (Lipinski definition) is 1. The number of nitrogens with one attached hydrogen (secondary N) is 1. The van der Waals surface area contributed by atoms with Gasteiger partial charge in [0, 0.05) is 5.92 Å². The number of carbonyl (C=O) groups excluding carboxylic acids is 1. The highest BCUT2D eigenvalue weighted by Crippen LogP contribution is 2.42. The van der Waals surface area contributed by atoms with E-state index in [0.717, 1.165) is 29.8 Å². The third-order valence-corrected chi connectivity index (χ3v) is 5.02. The largest absolute Gasteiger partial charge is 0.320 e. The number of hydrogen-bond acceptors (Lipinski definition) is 5. The lowest BCUT2D eigenvalue weighted by Gasteiger charge is -2.11. The van der Waals surface area contributed by atoms with Gasteiger partial charge in [-0.2, -0.15) is 10.2 Å². The molecular weight excluding hydrogens is 366 g/mol. The average Bonchev–Trinajstić information content (AvgIpc) is 3.25. The fourth-order valence-corrected chi connectivity index (χ4v) is 3.40. The monoisotopic (exact) mass is 385 g/mol. The van der Waals surface area contributed by atoms with E-state index in [1.165, 1.54) is 6.33 Å². The van der Waals surface area contributed by atoms with Gasteiger partial charge in [0.15, 0.2) is 5.82 Å². The number of para-hydroxylation sites is 1. The predicted octanol–water partition coefficient (Wildman–Crippen LogP) is 3.29. The highest BCUT2D eigenvalue weighted by atomic mass is 16.1. The molecule has 3 aromatic heterocycles. The molecule has 3 heterocycles. The topological polar surface area (TPSA) is 90.5 Å². The van der Waals surface area contributed by atoms with E-state index < -0.39 is 0 Å². The standard InChI is InChI=1S/C21H19N7O/c1-14-4-2-3-5-18(14)28-20(15-6-7-15)17(11-24-28)21(29)26-16-8-9-19(23-10-16)27-13-22-12-25-27/h2-5,8-13,15H,6-7H2,1H3,(H,26,29). The molecule has 29 heavy (non-hydrogen) atoms. The first-order valence-electron chi connectivity index (χ1n) is 9.47. The third-order valence-electron chi connectivity index (χ3n) is 5.02. The van der Waals surface area contributed by atoms with Crippen LogP contribution in [0.4, 0.5) is 5.69 Å². The van der Waals surface area contributed by atoms with Gasteiger partial charge >= 0.3 is 0 Å². The summed E-state index contributed by atoms with van der Waals surface area (Å²) in [6.07, 6.45) is 8.44. The van der Waals surface area contributed by atoms with Crippen molar-refractivity contribution in [1.29, 1.82) is 0 Å². The van der Waals surface area contributed by atoms with Crippen molar-refractivity contribution in [2.24, 2.45) is 0 Å². The summed E-state index contributed by atoms with van der Waals surface area (Å²) in [7, 11) is 0. The maximum absolute atomic E-state index is 13.0. The summed E-state index contributed by atoms with van der Waals surface area (Å²) < 4.78 is 3.47. The maximum Gasteiger partial charge on any atom is 0.259 e. The normalized spacial score (nSPS) is 13.4. The fourth-order valence-electron chi connectivity index (χ4n) is 3.40. The molecular formula is C21H19N7O. The Balaban J connectivity index is 1.42. The fraction of sp³-hybridized carbons (Fsp3) is 0.190. The first-order valence-corrected chi connectivity index (χ1v) is 9.47. The smallest absolute Gasteiger partial charge is 0.259 e. The number of rotatable bonds is 5. The number of benzene rings is 1. The lowest BCUT2D eigenvalue weighted by molar-refractivity contribution is 0.102. The van der Waals surface area contributed by atoms with E-state index in [-0.39, 0.29) is 5.91 Å². The molecule has 0 radical (unpaired) electrons. The maximum atomic E-state index is 13.0. The van der Waals surface area contributed by atoms with E-state index in [9.17, 15) is 4.79 Å². The van der Waals surface area contributed by atoms with Crippen LogP contribution in [0.1, 0.15) is 40.4 Å². The van der Waals surface area contributed by atoms with Crippen LogP contribution in [0.3, 0.4) is 0 Å². The van der Waals surface area contributed by atoms with Gasteiger partial charge in [-0.05, 0) is 43.5 Å². The predicted molar refractivity (Wildman–Crippen MR) is 107 cm³/mol. The molecule has 1 saturated carbocycles. The van der Waals surface area contributed by atoms with Gasteiger partial charge in [-0.15, -0.1) is 0 Å². The molecule has 0 aliphatic heterocycles. The molecule has 1 fully saturated rings. The number of aromatic nitrogens is 6. The number of aryl methyl sites for hydroxylation is 1. The molecule has 4 aromatic rings. The van der Waals surface area contributed by atoms with E-state index in [1.807, 2.05) is 22.9 Å². The van der Waals surface area contributed by atoms with Gasteiger partial charge in [0.25, 0.3) is 5.91 Å². The van der Waals surface area contributed by atoms with Crippen LogP contribution in [-0.4, -0.2) is 35.4 Å². The van der Waals surface area contributed by atoms with Crippen LogP contribution in [0.25, 0.3) is 11.5 Å². The number of carbonyl (C=O) groups is 1. The Hall–Kier alpha value is -3.81. The Morgan fingerprint density at radius 2 is 1.97 bits per heavy atom. The van der Waals surface area contributed by atoms with Gasteiger partial charge in [-0.1, -0.05) is 18.2 Å². The van der Waals surface area contributed by atoms with Crippen LogP contribution >= 0.6 is 0 Å². The zero-order valence-electron chi connectivity index (χ0n) is 15.9. The van der Waals surface area contributed by atoms with Crippen molar-refractivity contribution >= 4 is 11.6 Å². The zero-order chi connectivity index (χ0) is 19.8. The molecule has 1 aliphatic carbocycles. The van der Waals surface area contributed by atoms with Crippen molar-refractivity contribution in [3.05, 3.63) is 78.3 Å². The third kappa shape index (κ3) is 3.29. The van der Waals surface area contributed by atoms with Gasteiger partial charge in [0.05, 0.1) is 35.0 Å². The quantitative estimate of drug-likeness (QED) is 0.569. The SMILES string of the molecule is Cc1ccccc1-n1ncc(C(=O)Nc2ccc(-n3cncn3)nc2)c1C1CC1. The molecule has 0 bridgehead atoms. The van der Waals surface area contributed by atoms with Crippen molar-refractivity contribution in [2.45, 2.75) is 25.7 Å². The molecule has 1 aliphatic rings. The Morgan fingerprint density at radius 3 is 2.66 bits per heavy atom. The van der Waals surface area contributed by atoms with Gasteiger partial charge in [-0.25, -0.2) is 19.3 Å². The molecule has 0 unspecified atom stereocenters. The van der Waals surface area contributed by atoms with E-state index in [0.29, 0.717) is 23.0 Å². The molecule has 1 aromatic carbocycles. The molecule has 5 rings (SSSR count). The first-order chi connectivity index (χ1) is 14.2. The molecule has 1 N–H and O–H groups in total. The van der Waals surface area contributed by atoms with Crippen molar-refractivity contribution in [3.8, 4) is 11.5 Å². The Bertz CT molecular complexity index is 1160. The molecule has 8 heteroatoms. The second-order valence-electron chi connectivity index (χ2n) is 7.12. The summed E-state index contributed by atoms with van der Waals surface area (Å²) in [5.41, 5.74) is 4.33. The summed E-state index contributed by atoms with van der Waals surface area (Å²) in [5.74, 6) is 0.819. The molecule has 0 atom stereocenters. The highest BCUT2D eigenvalue weighted by Gasteiger charge is 2.33. The second kappa shape index (κ2) is 6.97. The van der Waals surface area contributed by atoms with Crippen molar-refractivity contribution in [3.63, 3.8) is 0 Å². The highest BCUT2D eigenvalue weighted by molar-refractivity contribution is 6.05. The van der Waals surface area contributed by atoms with Gasteiger partial charge in [-0.3, -0.25) is 4.79 Å². The Morgan fingerprint density at radius 1 is 1.10 bits per heavy atom. The van der Waals surface area contributed by atoms with Crippen LogP contribution in [0.2, 0.25) is 0 Å². The van der Waals surface area contributed by atoms with Crippen LogP contribution in [0, 0.1) is 6.92 Å². The molecule has 8 nitrogen and oxygen atoms in total.